The van der Waals surface area contributed by atoms with Gasteiger partial charge in [0.1, 0.15) is 5.75 Å². The summed E-state index contributed by atoms with van der Waals surface area (Å²) in [4.78, 5) is 25.2. The number of rotatable bonds is 7. The lowest BCUT2D eigenvalue weighted by molar-refractivity contribution is 0.0953. The predicted molar refractivity (Wildman–Crippen MR) is 138 cm³/mol. The van der Waals surface area contributed by atoms with Crippen molar-refractivity contribution in [2.75, 3.05) is 19.0 Å². The first-order chi connectivity index (χ1) is 15.5. The first-order valence-electron chi connectivity index (χ1n) is 9.85. The molecule has 3 N–H and O–H groups in total. The number of anilines is 1. The number of ether oxygens (including phenoxy) is 1. The first kappa shape index (κ1) is 23.7. The Morgan fingerprint density at radius 3 is 2.41 bits per heavy atom. The molecule has 6 nitrogen and oxygen atoms in total. The molecule has 3 aromatic carbocycles. The third-order valence-electron chi connectivity index (χ3n) is 4.60. The van der Waals surface area contributed by atoms with Crippen LogP contribution in [0.4, 0.5) is 5.69 Å². The maximum Gasteiger partial charge on any atom is 0.257 e. The van der Waals surface area contributed by atoms with E-state index in [9.17, 15) is 9.59 Å². The zero-order valence-electron chi connectivity index (χ0n) is 17.4. The molecule has 0 heterocycles. The molecule has 3 aromatic rings. The van der Waals surface area contributed by atoms with Gasteiger partial charge < -0.3 is 15.4 Å². The average molecular weight is 559 g/mol. The number of methoxy groups -OCH3 is 1. The van der Waals surface area contributed by atoms with E-state index in [4.69, 9.17) is 17.0 Å². The van der Waals surface area contributed by atoms with Crippen molar-refractivity contribution in [1.82, 2.24) is 10.6 Å². The summed E-state index contributed by atoms with van der Waals surface area (Å²) in [6.07, 6.45) is 0.733. The molecule has 0 radical (unpaired) electrons. The summed E-state index contributed by atoms with van der Waals surface area (Å²) in [5.41, 5.74) is 2.55. The Labute approximate surface area is 205 Å². The largest absolute Gasteiger partial charge is 0.496 e. The first-order valence-corrected chi connectivity index (χ1v) is 11.3. The van der Waals surface area contributed by atoms with Crippen molar-refractivity contribution in [3.05, 3.63) is 93.1 Å². The number of thiocarbonyl (C=S) groups is 1. The van der Waals surface area contributed by atoms with Gasteiger partial charge in [0, 0.05) is 12.1 Å². The van der Waals surface area contributed by atoms with Gasteiger partial charge >= 0.3 is 0 Å². The molecule has 0 unspecified atom stereocenters. The molecular weight excluding hydrogens is 537 g/mol. The van der Waals surface area contributed by atoms with Crippen LogP contribution in [-0.4, -0.2) is 30.6 Å². The molecule has 0 spiro atoms. The lowest BCUT2D eigenvalue weighted by Gasteiger charge is -2.14. The van der Waals surface area contributed by atoms with Crippen LogP contribution in [0.5, 0.6) is 5.75 Å². The van der Waals surface area contributed by atoms with Crippen LogP contribution in [0.3, 0.4) is 0 Å². The molecule has 0 saturated heterocycles. The fourth-order valence-electron chi connectivity index (χ4n) is 2.99. The normalized spacial score (nSPS) is 10.2. The fourth-order valence-corrected chi connectivity index (χ4v) is 3.92. The van der Waals surface area contributed by atoms with Gasteiger partial charge in [-0.25, -0.2) is 0 Å². The molecule has 8 heteroatoms. The highest BCUT2D eigenvalue weighted by atomic mass is 127. The molecule has 0 bridgehead atoms. The fraction of sp³-hybridized carbons (Fsp3) is 0.125. The van der Waals surface area contributed by atoms with E-state index >= 15 is 0 Å². The Bertz CT molecular complexity index is 1120. The Morgan fingerprint density at radius 2 is 1.69 bits per heavy atom. The average Bonchev–Trinajstić information content (AvgIpc) is 2.80. The molecule has 0 aromatic heterocycles. The number of para-hydroxylation sites is 1. The summed E-state index contributed by atoms with van der Waals surface area (Å²) >= 11 is 7.39. The van der Waals surface area contributed by atoms with E-state index in [2.05, 4.69) is 38.5 Å². The van der Waals surface area contributed by atoms with E-state index in [1.54, 1.807) is 49.6 Å². The minimum atomic E-state index is -0.354. The van der Waals surface area contributed by atoms with Crippen LogP contribution in [0, 0.1) is 3.57 Å². The summed E-state index contributed by atoms with van der Waals surface area (Å²) in [6.45, 7) is 0.508. The summed E-state index contributed by atoms with van der Waals surface area (Å²) in [7, 11) is 1.57. The van der Waals surface area contributed by atoms with Gasteiger partial charge in [-0.2, -0.15) is 0 Å². The Balaban J connectivity index is 1.60. The Kier molecular flexibility index (Phi) is 8.57. The lowest BCUT2D eigenvalue weighted by atomic mass is 10.1. The van der Waals surface area contributed by atoms with Crippen molar-refractivity contribution in [2.24, 2.45) is 0 Å². The summed E-state index contributed by atoms with van der Waals surface area (Å²) in [5.74, 6) is 0.116. The number of hydrogen-bond donors (Lipinski definition) is 3. The van der Waals surface area contributed by atoms with Crippen molar-refractivity contribution in [2.45, 2.75) is 6.42 Å². The van der Waals surface area contributed by atoms with Crippen molar-refractivity contribution in [1.29, 1.82) is 0 Å². The van der Waals surface area contributed by atoms with Gasteiger partial charge in [-0.1, -0.05) is 42.5 Å². The second-order valence-electron chi connectivity index (χ2n) is 6.79. The highest BCUT2D eigenvalue weighted by Gasteiger charge is 2.14. The monoisotopic (exact) mass is 559 g/mol. The third-order valence-corrected chi connectivity index (χ3v) is 5.65. The van der Waals surface area contributed by atoms with Crippen LogP contribution < -0.4 is 20.7 Å². The van der Waals surface area contributed by atoms with Crippen molar-refractivity contribution < 1.29 is 14.3 Å². The van der Waals surface area contributed by atoms with E-state index < -0.39 is 0 Å². The Morgan fingerprint density at radius 1 is 0.969 bits per heavy atom. The maximum atomic E-state index is 12.7. The summed E-state index contributed by atoms with van der Waals surface area (Å²) < 4.78 is 6.03. The molecule has 0 aliphatic rings. The van der Waals surface area contributed by atoms with E-state index in [1.165, 1.54) is 0 Å². The van der Waals surface area contributed by atoms with E-state index in [1.807, 2.05) is 30.3 Å². The van der Waals surface area contributed by atoms with Crippen LogP contribution in [-0.2, 0) is 6.42 Å². The van der Waals surface area contributed by atoms with Gasteiger partial charge in [-0.3, -0.25) is 14.9 Å². The van der Waals surface area contributed by atoms with Crippen LogP contribution >= 0.6 is 34.8 Å². The highest BCUT2D eigenvalue weighted by Crippen LogP contribution is 2.21. The zero-order chi connectivity index (χ0) is 22.9. The molecule has 0 aliphatic carbocycles. The molecule has 0 saturated carbocycles. The lowest BCUT2D eigenvalue weighted by Crippen LogP contribution is -2.35. The zero-order valence-corrected chi connectivity index (χ0v) is 20.3. The topological polar surface area (TPSA) is 79.5 Å². The second kappa shape index (κ2) is 11.6. The molecule has 164 valence electrons. The smallest absolute Gasteiger partial charge is 0.257 e. The van der Waals surface area contributed by atoms with Gasteiger partial charge in [0.25, 0.3) is 11.8 Å². The summed E-state index contributed by atoms with van der Waals surface area (Å²) in [6, 6.07) is 22.0. The number of hydrogen-bond acceptors (Lipinski definition) is 4. The van der Waals surface area contributed by atoms with E-state index in [-0.39, 0.29) is 16.9 Å². The third kappa shape index (κ3) is 6.51. The van der Waals surface area contributed by atoms with Crippen molar-refractivity contribution in [3.8, 4) is 5.75 Å². The molecule has 0 aliphatic heterocycles. The van der Waals surface area contributed by atoms with Gasteiger partial charge in [0.2, 0.25) is 0 Å². The second-order valence-corrected chi connectivity index (χ2v) is 8.37. The number of carbonyl (C=O) groups excluding carboxylic acids is 2. The number of benzene rings is 3. The Hall–Kier alpha value is -2.98. The minimum Gasteiger partial charge on any atom is -0.496 e. The van der Waals surface area contributed by atoms with Gasteiger partial charge in [-0.05, 0) is 77.1 Å². The number of nitrogens with one attached hydrogen (secondary N) is 3. The van der Waals surface area contributed by atoms with Crippen LogP contribution in [0.1, 0.15) is 26.3 Å². The van der Waals surface area contributed by atoms with Crippen LogP contribution in [0.25, 0.3) is 0 Å². The van der Waals surface area contributed by atoms with Crippen LogP contribution in [0.15, 0.2) is 72.8 Å². The van der Waals surface area contributed by atoms with Crippen LogP contribution in [0.2, 0.25) is 0 Å². The molecule has 0 atom stereocenters. The quantitative estimate of drug-likeness (QED) is 0.296. The van der Waals surface area contributed by atoms with E-state index in [0.29, 0.717) is 29.1 Å². The van der Waals surface area contributed by atoms with Crippen molar-refractivity contribution in [3.63, 3.8) is 0 Å². The minimum absolute atomic E-state index is 0.102. The molecular formula is C24H22IN3O3S. The summed E-state index contributed by atoms with van der Waals surface area (Å²) in [5, 5.41) is 8.62. The van der Waals surface area contributed by atoms with Gasteiger partial charge in [0.15, 0.2) is 5.11 Å². The maximum absolute atomic E-state index is 12.7. The highest BCUT2D eigenvalue weighted by molar-refractivity contribution is 14.1. The molecule has 2 amide bonds. The number of amides is 2. The standard InChI is InChI=1S/C24H22IN3O3S/c1-31-21-12-11-17(15-19(21)25)22(29)28-24(32)27-20-10-6-5-9-18(20)23(30)26-14-13-16-7-3-2-4-8-16/h2-12,15H,13-14H2,1H3,(H,26,30)(H2,27,28,29,32). The number of halogens is 1. The molecule has 3 rings (SSSR count). The molecule has 0 fully saturated rings. The predicted octanol–water partition coefficient (Wildman–Crippen LogP) is 4.40. The van der Waals surface area contributed by atoms with E-state index in [0.717, 1.165) is 15.6 Å². The van der Waals surface area contributed by atoms with Gasteiger partial charge in [0.05, 0.1) is 21.9 Å². The van der Waals surface area contributed by atoms with Gasteiger partial charge in [-0.15, -0.1) is 0 Å². The SMILES string of the molecule is COc1ccc(C(=O)NC(=S)Nc2ccccc2C(=O)NCCc2ccccc2)cc1I. The number of carbonyl (C=O) groups is 2. The van der Waals surface area contributed by atoms with Crippen molar-refractivity contribution >= 4 is 57.4 Å². The molecule has 32 heavy (non-hydrogen) atoms.